The average molecular weight is 278 g/mol. The van der Waals surface area contributed by atoms with E-state index in [2.05, 4.69) is 24.1 Å². The van der Waals surface area contributed by atoms with Crippen LogP contribution in [-0.4, -0.2) is 35.6 Å². The molecule has 1 saturated heterocycles. The minimum Gasteiger partial charge on any atom is -0.308 e. The first kappa shape index (κ1) is 14.8. The average Bonchev–Trinajstić information content (AvgIpc) is 2.45. The van der Waals surface area contributed by atoms with Crippen LogP contribution in [0.4, 0.5) is 0 Å². The maximum Gasteiger partial charge on any atom is 0.0335 e. The summed E-state index contributed by atoms with van der Waals surface area (Å²) in [6, 6.07) is 0. The molecule has 0 bridgehead atoms. The number of hydrogen-bond acceptors (Lipinski definition) is 2. The molecule has 1 N–H and O–H groups in total. The molecule has 0 unspecified atom stereocenters. The summed E-state index contributed by atoms with van der Waals surface area (Å²) in [5, 5.41) is 4.06. The summed E-state index contributed by atoms with van der Waals surface area (Å²) < 4.78 is 0. The number of nitrogens with zero attached hydrogens (tertiary/aromatic N) is 1. The summed E-state index contributed by atoms with van der Waals surface area (Å²) in [5.41, 5.74) is 0.973. The van der Waals surface area contributed by atoms with Gasteiger partial charge in [-0.25, -0.2) is 0 Å². The third-order valence-electron chi connectivity index (χ3n) is 6.14. The molecule has 2 aliphatic carbocycles. The van der Waals surface area contributed by atoms with Gasteiger partial charge in [0, 0.05) is 30.7 Å². The summed E-state index contributed by atoms with van der Waals surface area (Å²) in [6.07, 6.45) is 14.4. The van der Waals surface area contributed by atoms with Gasteiger partial charge < -0.3 is 5.32 Å². The highest BCUT2D eigenvalue weighted by Crippen LogP contribution is 2.41. The molecule has 3 rings (SSSR count). The van der Waals surface area contributed by atoms with Gasteiger partial charge in [0.25, 0.3) is 0 Å². The lowest BCUT2D eigenvalue weighted by molar-refractivity contribution is -0.0358. The molecule has 1 heterocycles. The van der Waals surface area contributed by atoms with Crippen LogP contribution in [0.5, 0.6) is 0 Å². The van der Waals surface area contributed by atoms with Gasteiger partial charge in [-0.2, -0.15) is 0 Å². The van der Waals surface area contributed by atoms with Crippen LogP contribution in [0, 0.1) is 5.92 Å². The summed E-state index contributed by atoms with van der Waals surface area (Å²) in [4.78, 5) is 2.93. The van der Waals surface area contributed by atoms with Gasteiger partial charge in [0.1, 0.15) is 0 Å². The second kappa shape index (κ2) is 5.96. The highest BCUT2D eigenvalue weighted by Gasteiger charge is 2.47. The van der Waals surface area contributed by atoms with Gasteiger partial charge >= 0.3 is 0 Å². The van der Waals surface area contributed by atoms with Crippen molar-refractivity contribution in [3.05, 3.63) is 0 Å². The Morgan fingerprint density at radius 1 is 0.900 bits per heavy atom. The van der Waals surface area contributed by atoms with Gasteiger partial charge in [0.15, 0.2) is 0 Å². The minimum atomic E-state index is 0.468. The molecule has 2 saturated carbocycles. The first-order chi connectivity index (χ1) is 9.64. The van der Waals surface area contributed by atoms with E-state index in [1.54, 1.807) is 0 Å². The summed E-state index contributed by atoms with van der Waals surface area (Å²) in [6.45, 7) is 8.69. The van der Waals surface area contributed by atoms with E-state index in [9.17, 15) is 0 Å². The van der Waals surface area contributed by atoms with Gasteiger partial charge in [-0.05, 0) is 31.6 Å². The molecule has 0 aromatic heterocycles. The molecule has 0 atom stereocenters. The van der Waals surface area contributed by atoms with Gasteiger partial charge in [0.2, 0.25) is 0 Å². The normalized spacial score (nSPS) is 30.1. The van der Waals surface area contributed by atoms with Crippen LogP contribution in [0.15, 0.2) is 0 Å². The van der Waals surface area contributed by atoms with Crippen molar-refractivity contribution in [3.63, 3.8) is 0 Å². The summed E-state index contributed by atoms with van der Waals surface area (Å²) in [7, 11) is 0. The SMILES string of the molecule is CC(C)CN1CC2(CCCCC2)NCC12CCCCC2. The Balaban J connectivity index is 1.76. The van der Waals surface area contributed by atoms with Crippen LogP contribution in [0.3, 0.4) is 0 Å². The molecule has 0 aromatic carbocycles. The van der Waals surface area contributed by atoms with Crippen molar-refractivity contribution >= 4 is 0 Å². The largest absolute Gasteiger partial charge is 0.308 e. The Morgan fingerprint density at radius 2 is 1.50 bits per heavy atom. The highest BCUT2D eigenvalue weighted by molar-refractivity contribution is 5.07. The molecule has 3 aliphatic rings. The Morgan fingerprint density at radius 3 is 2.10 bits per heavy atom. The maximum absolute atomic E-state index is 4.06. The fourth-order valence-electron chi connectivity index (χ4n) is 5.02. The zero-order chi connectivity index (χ0) is 14.1. The van der Waals surface area contributed by atoms with Crippen LogP contribution >= 0.6 is 0 Å². The molecule has 2 heteroatoms. The fraction of sp³-hybridized carbons (Fsp3) is 1.00. The zero-order valence-corrected chi connectivity index (χ0v) is 13.7. The van der Waals surface area contributed by atoms with Crippen LogP contribution in [0.2, 0.25) is 0 Å². The van der Waals surface area contributed by atoms with Gasteiger partial charge in [-0.15, -0.1) is 0 Å². The topological polar surface area (TPSA) is 15.3 Å². The lowest BCUT2D eigenvalue weighted by atomic mass is 9.72. The number of nitrogens with one attached hydrogen (secondary N) is 1. The summed E-state index contributed by atoms with van der Waals surface area (Å²) >= 11 is 0. The van der Waals surface area contributed by atoms with Crippen molar-refractivity contribution in [2.45, 2.75) is 89.1 Å². The third-order valence-corrected chi connectivity index (χ3v) is 6.14. The smallest absolute Gasteiger partial charge is 0.0335 e. The Kier molecular flexibility index (Phi) is 4.42. The molecule has 116 valence electrons. The van der Waals surface area contributed by atoms with Crippen molar-refractivity contribution < 1.29 is 0 Å². The first-order valence-corrected chi connectivity index (χ1v) is 9.14. The zero-order valence-electron chi connectivity index (χ0n) is 13.7. The minimum absolute atomic E-state index is 0.468. The van der Waals surface area contributed by atoms with Crippen LogP contribution in [-0.2, 0) is 0 Å². The van der Waals surface area contributed by atoms with Crippen LogP contribution < -0.4 is 5.32 Å². The van der Waals surface area contributed by atoms with Gasteiger partial charge in [-0.3, -0.25) is 4.90 Å². The van der Waals surface area contributed by atoms with E-state index < -0.39 is 0 Å². The Labute approximate surface area is 125 Å². The quantitative estimate of drug-likeness (QED) is 0.822. The number of hydrogen-bond donors (Lipinski definition) is 1. The second-order valence-electron chi connectivity index (χ2n) is 8.25. The van der Waals surface area contributed by atoms with E-state index in [0.29, 0.717) is 11.1 Å². The molecule has 0 radical (unpaired) electrons. The monoisotopic (exact) mass is 278 g/mol. The lowest BCUT2D eigenvalue weighted by Gasteiger charge is -2.57. The van der Waals surface area contributed by atoms with Crippen LogP contribution in [0.25, 0.3) is 0 Å². The molecular formula is C18H34N2. The van der Waals surface area contributed by atoms with E-state index in [-0.39, 0.29) is 0 Å². The van der Waals surface area contributed by atoms with E-state index in [1.807, 2.05) is 0 Å². The number of rotatable bonds is 2. The highest BCUT2D eigenvalue weighted by atomic mass is 15.3. The fourth-order valence-corrected chi connectivity index (χ4v) is 5.02. The predicted octanol–water partition coefficient (Wildman–Crippen LogP) is 3.95. The molecule has 2 nitrogen and oxygen atoms in total. The maximum atomic E-state index is 4.06. The van der Waals surface area contributed by atoms with Crippen molar-refractivity contribution in [2.75, 3.05) is 19.6 Å². The van der Waals surface area contributed by atoms with E-state index in [4.69, 9.17) is 0 Å². The molecular weight excluding hydrogens is 244 g/mol. The third kappa shape index (κ3) is 2.92. The molecule has 0 amide bonds. The van der Waals surface area contributed by atoms with Gasteiger partial charge in [-0.1, -0.05) is 52.4 Å². The second-order valence-corrected chi connectivity index (χ2v) is 8.25. The van der Waals surface area contributed by atoms with Crippen molar-refractivity contribution in [3.8, 4) is 0 Å². The van der Waals surface area contributed by atoms with E-state index in [0.717, 1.165) is 5.92 Å². The molecule has 3 fully saturated rings. The molecule has 20 heavy (non-hydrogen) atoms. The van der Waals surface area contributed by atoms with Crippen molar-refractivity contribution in [1.82, 2.24) is 10.2 Å². The van der Waals surface area contributed by atoms with Gasteiger partial charge in [0.05, 0.1) is 0 Å². The van der Waals surface area contributed by atoms with Crippen molar-refractivity contribution in [2.24, 2.45) is 5.92 Å². The molecule has 0 aromatic rings. The molecule has 1 aliphatic heterocycles. The number of piperazine rings is 1. The summed E-state index contributed by atoms with van der Waals surface area (Å²) in [5.74, 6) is 0.799. The standard InChI is InChI=1S/C18H34N2/c1-16(2)13-20-15-17(9-5-3-6-10-17)19-14-18(20)11-7-4-8-12-18/h16,19H,3-15H2,1-2H3. The van der Waals surface area contributed by atoms with Crippen LogP contribution in [0.1, 0.15) is 78.1 Å². The van der Waals surface area contributed by atoms with E-state index >= 15 is 0 Å². The van der Waals surface area contributed by atoms with Crippen molar-refractivity contribution in [1.29, 1.82) is 0 Å². The Hall–Kier alpha value is -0.0800. The lowest BCUT2D eigenvalue weighted by Crippen LogP contribution is -2.71. The van der Waals surface area contributed by atoms with E-state index in [1.165, 1.54) is 83.8 Å². The Bertz CT molecular complexity index is 311. The predicted molar refractivity (Wildman–Crippen MR) is 86.0 cm³/mol. The first-order valence-electron chi connectivity index (χ1n) is 9.14. The molecule has 2 spiro atoms.